The van der Waals surface area contributed by atoms with Crippen molar-refractivity contribution >= 4 is 11.7 Å². The van der Waals surface area contributed by atoms with Crippen LogP contribution < -0.4 is 10.5 Å². The Bertz CT molecular complexity index is 574. The Morgan fingerprint density at radius 3 is 1.50 bits per heavy atom. The fraction of sp³-hybridized carbons (Fsp3) is 0.682. The largest absolute Gasteiger partial charge is 0.489 e. The van der Waals surface area contributed by atoms with Crippen LogP contribution in [0.5, 0.6) is 5.75 Å². The molecule has 0 saturated heterocycles. The summed E-state index contributed by atoms with van der Waals surface area (Å²) in [6, 6.07) is 7.36. The SMILES string of the molecule is COC(=O)CCOCCOCCOCCOCCOCCOCCOc1ccccc1N. The molecular formula is C22H37NO9. The van der Waals surface area contributed by atoms with Gasteiger partial charge in [-0.2, -0.15) is 0 Å². The molecule has 0 aliphatic rings. The molecule has 2 N–H and O–H groups in total. The molecule has 1 aromatic rings. The minimum Gasteiger partial charge on any atom is -0.489 e. The van der Waals surface area contributed by atoms with Crippen molar-refractivity contribution in [3.8, 4) is 5.75 Å². The number of nitrogen functional groups attached to an aromatic ring is 1. The molecule has 0 aromatic heterocycles. The summed E-state index contributed by atoms with van der Waals surface area (Å²) in [7, 11) is 1.35. The van der Waals surface area contributed by atoms with Crippen molar-refractivity contribution in [2.45, 2.75) is 6.42 Å². The lowest BCUT2D eigenvalue weighted by Gasteiger charge is -2.09. The zero-order valence-electron chi connectivity index (χ0n) is 19.0. The van der Waals surface area contributed by atoms with Crippen molar-refractivity contribution < 1.29 is 42.7 Å². The van der Waals surface area contributed by atoms with Gasteiger partial charge in [0.15, 0.2) is 0 Å². The van der Waals surface area contributed by atoms with Gasteiger partial charge in [-0.25, -0.2) is 0 Å². The standard InChI is InChI=1S/C22H37NO9/c1-25-22(24)6-7-26-8-9-27-10-11-28-12-13-29-14-15-30-16-17-31-18-19-32-21-5-3-2-4-20(21)23/h2-5H,6-19,23H2,1H3. The van der Waals surface area contributed by atoms with Gasteiger partial charge in [0.05, 0.1) is 98.5 Å². The third kappa shape index (κ3) is 16.7. The van der Waals surface area contributed by atoms with Crippen molar-refractivity contribution in [2.24, 2.45) is 0 Å². The van der Waals surface area contributed by atoms with Crippen LogP contribution in [0.3, 0.4) is 0 Å². The van der Waals surface area contributed by atoms with E-state index >= 15 is 0 Å². The molecule has 10 heteroatoms. The second-order valence-corrected chi connectivity index (χ2v) is 6.39. The van der Waals surface area contributed by atoms with Crippen LogP contribution >= 0.6 is 0 Å². The van der Waals surface area contributed by atoms with Crippen LogP contribution in [0.25, 0.3) is 0 Å². The molecule has 0 fully saturated rings. The lowest BCUT2D eigenvalue weighted by Crippen LogP contribution is -2.15. The van der Waals surface area contributed by atoms with Gasteiger partial charge in [-0.15, -0.1) is 0 Å². The molecule has 32 heavy (non-hydrogen) atoms. The maximum atomic E-state index is 10.9. The van der Waals surface area contributed by atoms with Crippen molar-refractivity contribution in [2.75, 3.05) is 98.7 Å². The van der Waals surface area contributed by atoms with Gasteiger partial charge in [0.2, 0.25) is 0 Å². The van der Waals surface area contributed by atoms with Gasteiger partial charge in [-0.05, 0) is 12.1 Å². The van der Waals surface area contributed by atoms with E-state index in [2.05, 4.69) is 4.74 Å². The average Bonchev–Trinajstić information content (AvgIpc) is 2.81. The van der Waals surface area contributed by atoms with Crippen molar-refractivity contribution in [3.63, 3.8) is 0 Å². The van der Waals surface area contributed by atoms with E-state index in [1.807, 2.05) is 18.2 Å². The minimum atomic E-state index is -0.283. The van der Waals surface area contributed by atoms with Crippen LogP contribution in [-0.4, -0.2) is 99.0 Å². The number of para-hydroxylation sites is 2. The first kappa shape index (κ1) is 28.1. The number of hydrogen-bond acceptors (Lipinski definition) is 10. The van der Waals surface area contributed by atoms with E-state index in [1.54, 1.807) is 6.07 Å². The third-order valence-corrected chi connectivity index (χ3v) is 3.94. The molecule has 1 rings (SSSR count). The van der Waals surface area contributed by atoms with Gasteiger partial charge in [-0.1, -0.05) is 12.1 Å². The molecule has 10 nitrogen and oxygen atoms in total. The summed E-state index contributed by atoms with van der Waals surface area (Å²) in [5.41, 5.74) is 6.41. The first-order chi connectivity index (χ1) is 15.7. The Hall–Kier alpha value is -1.95. The molecule has 0 unspecified atom stereocenters. The lowest BCUT2D eigenvalue weighted by molar-refractivity contribution is -0.141. The molecule has 0 saturated carbocycles. The highest BCUT2D eigenvalue weighted by Gasteiger charge is 2.00. The number of esters is 1. The molecule has 0 bridgehead atoms. The number of anilines is 1. The number of methoxy groups -OCH3 is 1. The summed E-state index contributed by atoms with van der Waals surface area (Å²) in [5, 5.41) is 0. The molecule has 184 valence electrons. The van der Waals surface area contributed by atoms with E-state index in [1.165, 1.54) is 7.11 Å². The molecule has 0 aliphatic heterocycles. The fourth-order valence-corrected chi connectivity index (χ4v) is 2.28. The number of nitrogens with two attached hydrogens (primary N) is 1. The summed E-state index contributed by atoms with van der Waals surface area (Å²) in [6.45, 7) is 6.07. The van der Waals surface area contributed by atoms with Gasteiger partial charge in [0, 0.05) is 0 Å². The van der Waals surface area contributed by atoms with E-state index < -0.39 is 0 Å². The Morgan fingerprint density at radius 1 is 0.656 bits per heavy atom. The Balaban J connectivity index is 1.70. The normalized spacial score (nSPS) is 10.9. The molecular weight excluding hydrogens is 422 g/mol. The van der Waals surface area contributed by atoms with Gasteiger partial charge < -0.3 is 43.6 Å². The smallest absolute Gasteiger partial charge is 0.307 e. The van der Waals surface area contributed by atoms with E-state index in [0.29, 0.717) is 97.3 Å². The van der Waals surface area contributed by atoms with Gasteiger partial charge >= 0.3 is 5.97 Å². The molecule has 0 heterocycles. The first-order valence-corrected chi connectivity index (χ1v) is 10.7. The quantitative estimate of drug-likeness (QED) is 0.154. The van der Waals surface area contributed by atoms with Crippen molar-refractivity contribution in [3.05, 3.63) is 24.3 Å². The van der Waals surface area contributed by atoms with E-state index in [4.69, 9.17) is 38.9 Å². The van der Waals surface area contributed by atoms with Crippen molar-refractivity contribution in [1.82, 2.24) is 0 Å². The maximum Gasteiger partial charge on any atom is 0.307 e. The monoisotopic (exact) mass is 459 g/mol. The first-order valence-electron chi connectivity index (χ1n) is 10.7. The van der Waals surface area contributed by atoms with Crippen LogP contribution in [0.15, 0.2) is 24.3 Å². The summed E-state index contributed by atoms with van der Waals surface area (Å²) in [4.78, 5) is 10.9. The predicted octanol–water partition coefficient (Wildman–Crippen LogP) is 1.31. The van der Waals surface area contributed by atoms with E-state index in [0.717, 1.165) is 0 Å². The zero-order valence-corrected chi connectivity index (χ0v) is 19.0. The fourth-order valence-electron chi connectivity index (χ4n) is 2.28. The van der Waals surface area contributed by atoms with Crippen LogP contribution in [0.1, 0.15) is 6.42 Å². The minimum absolute atomic E-state index is 0.249. The molecule has 0 spiro atoms. The number of ether oxygens (including phenoxy) is 8. The summed E-state index contributed by atoms with van der Waals surface area (Å²) < 4.78 is 42.3. The Morgan fingerprint density at radius 2 is 1.06 bits per heavy atom. The van der Waals surface area contributed by atoms with Crippen LogP contribution in [-0.2, 0) is 38.0 Å². The van der Waals surface area contributed by atoms with Crippen LogP contribution in [0, 0.1) is 0 Å². The Labute approximate surface area is 190 Å². The molecule has 0 atom stereocenters. The van der Waals surface area contributed by atoms with E-state index in [-0.39, 0.29) is 12.4 Å². The average molecular weight is 460 g/mol. The number of benzene rings is 1. The third-order valence-electron chi connectivity index (χ3n) is 3.94. The Kier molecular flexibility index (Phi) is 18.4. The summed E-state index contributed by atoms with van der Waals surface area (Å²) >= 11 is 0. The highest BCUT2D eigenvalue weighted by Crippen LogP contribution is 2.19. The van der Waals surface area contributed by atoms with Gasteiger partial charge in [-0.3, -0.25) is 4.79 Å². The molecule has 0 radical (unpaired) electrons. The number of hydrogen-bond donors (Lipinski definition) is 1. The second kappa shape index (κ2) is 20.9. The number of rotatable bonds is 22. The molecule has 0 aliphatic carbocycles. The van der Waals surface area contributed by atoms with E-state index in [9.17, 15) is 4.79 Å². The highest BCUT2D eigenvalue weighted by molar-refractivity contribution is 5.69. The van der Waals surface area contributed by atoms with Gasteiger partial charge in [0.25, 0.3) is 0 Å². The second-order valence-electron chi connectivity index (χ2n) is 6.39. The van der Waals surface area contributed by atoms with Gasteiger partial charge in [0.1, 0.15) is 12.4 Å². The highest BCUT2D eigenvalue weighted by atomic mass is 16.6. The number of carbonyl (C=O) groups is 1. The molecule has 1 aromatic carbocycles. The predicted molar refractivity (Wildman–Crippen MR) is 118 cm³/mol. The summed E-state index contributed by atoms with van der Waals surface area (Å²) in [5.74, 6) is 0.383. The van der Waals surface area contributed by atoms with Crippen molar-refractivity contribution in [1.29, 1.82) is 0 Å². The zero-order chi connectivity index (χ0) is 23.1. The lowest BCUT2D eigenvalue weighted by atomic mass is 10.3. The topological polar surface area (TPSA) is 117 Å². The molecule has 0 amide bonds. The number of carbonyl (C=O) groups excluding carboxylic acids is 1. The summed E-state index contributed by atoms with van der Waals surface area (Å²) in [6.07, 6.45) is 0.249. The maximum absolute atomic E-state index is 10.9. The van der Waals surface area contributed by atoms with Crippen LogP contribution in [0.2, 0.25) is 0 Å². The van der Waals surface area contributed by atoms with Crippen LogP contribution in [0.4, 0.5) is 5.69 Å².